The van der Waals surface area contributed by atoms with Gasteiger partial charge in [0.2, 0.25) is 0 Å². The average molecular weight is 213 g/mol. The molecule has 0 saturated carbocycles. The lowest BCUT2D eigenvalue weighted by molar-refractivity contribution is -0.742. The summed E-state index contributed by atoms with van der Waals surface area (Å²) in [4.78, 5) is 8.36. The van der Waals surface area contributed by atoms with E-state index in [1.54, 1.807) is 0 Å². The summed E-state index contributed by atoms with van der Waals surface area (Å²) in [5.41, 5.74) is 1.17. The van der Waals surface area contributed by atoms with E-state index in [0.29, 0.717) is 6.61 Å². The van der Waals surface area contributed by atoms with Gasteiger partial charge in [-0.25, -0.2) is 0 Å². The van der Waals surface area contributed by atoms with Gasteiger partial charge in [-0.05, 0) is 12.1 Å². The summed E-state index contributed by atoms with van der Waals surface area (Å²) in [6, 6.07) is 8.03. The molecule has 1 aliphatic rings. The Hall–Kier alpha value is -2.08. The molecule has 1 aromatic rings. The molecule has 6 nitrogen and oxygen atoms in total. The number of ether oxygens (including phenoxy) is 1. The molecule has 6 heteroatoms. The van der Waals surface area contributed by atoms with Crippen LogP contribution >= 0.6 is 0 Å². The molecule has 0 saturated heterocycles. The lowest BCUT2D eigenvalue weighted by atomic mass is 10.1. The van der Waals surface area contributed by atoms with Crippen LogP contribution in [0.1, 0.15) is 5.56 Å². The largest absolute Gasteiger partial charge is 0.489 e. The third kappa shape index (κ3) is 4.63. The van der Waals surface area contributed by atoms with Crippen LogP contribution in [-0.4, -0.2) is 22.4 Å². The Kier molecular flexibility index (Phi) is 5.50. The van der Waals surface area contributed by atoms with Crippen LogP contribution in [0.2, 0.25) is 0 Å². The molecule has 0 aliphatic carbocycles. The van der Waals surface area contributed by atoms with Gasteiger partial charge in [-0.15, -0.1) is 10.1 Å². The molecule has 0 radical (unpaired) electrons. The summed E-state index contributed by atoms with van der Waals surface area (Å²) < 4.78 is 5.34. The van der Waals surface area contributed by atoms with Crippen LogP contribution in [0.4, 0.5) is 0 Å². The van der Waals surface area contributed by atoms with Crippen molar-refractivity contribution in [2.24, 2.45) is 0 Å². The van der Waals surface area contributed by atoms with Gasteiger partial charge < -0.3 is 15.4 Å². The molecule has 3 N–H and O–H groups in total. The van der Waals surface area contributed by atoms with Gasteiger partial charge in [-0.3, -0.25) is 0 Å². The predicted octanol–water partition coefficient (Wildman–Crippen LogP) is 0.920. The summed E-state index contributed by atoms with van der Waals surface area (Å²) in [7, 11) is 0. The second-order valence-electron chi connectivity index (χ2n) is 2.49. The molecule has 0 bridgehead atoms. The maximum Gasteiger partial charge on any atom is 0.291 e. The van der Waals surface area contributed by atoms with Gasteiger partial charge in [0.05, 0.1) is 0 Å². The molecule has 0 unspecified atom stereocenters. The Morgan fingerprint density at radius 2 is 2.00 bits per heavy atom. The number of para-hydroxylation sites is 1. The van der Waals surface area contributed by atoms with E-state index in [4.69, 9.17) is 20.1 Å². The van der Waals surface area contributed by atoms with E-state index < -0.39 is 5.09 Å². The molecule has 0 fully saturated rings. The van der Waals surface area contributed by atoms with Crippen LogP contribution in [0, 0.1) is 10.1 Å². The minimum Gasteiger partial charge on any atom is -0.489 e. The second kappa shape index (κ2) is 6.39. The second-order valence-corrected chi connectivity index (χ2v) is 2.49. The Morgan fingerprint density at radius 1 is 1.40 bits per heavy atom. The number of hydrogen-bond donors (Lipinski definition) is 1. The average Bonchev–Trinajstić information content (AvgIpc) is 2.17. The normalized spacial score (nSPS) is 10.9. The van der Waals surface area contributed by atoms with Crippen molar-refractivity contribution in [1.82, 2.24) is 0 Å². The Bertz CT molecular complexity index is 346. The topological polar surface area (TPSA) is 104 Å². The van der Waals surface area contributed by atoms with Gasteiger partial charge >= 0.3 is 0 Å². The van der Waals surface area contributed by atoms with Crippen LogP contribution in [0.5, 0.6) is 5.75 Å². The van der Waals surface area contributed by atoms with Crippen molar-refractivity contribution in [2.45, 2.75) is 0 Å². The summed E-state index contributed by atoms with van der Waals surface area (Å²) in [6.07, 6.45) is 4.10. The van der Waals surface area contributed by atoms with Crippen LogP contribution in [0.15, 0.2) is 30.3 Å². The van der Waals surface area contributed by atoms with Crippen LogP contribution in [0.25, 0.3) is 6.08 Å². The zero-order chi connectivity index (χ0) is 10.4. The zero-order valence-corrected chi connectivity index (χ0v) is 7.79. The minimum absolute atomic E-state index is 0. The van der Waals surface area contributed by atoms with Crippen molar-refractivity contribution in [3.63, 3.8) is 0 Å². The lowest BCUT2D eigenvalue weighted by Gasteiger charge is -2.10. The highest BCUT2D eigenvalue weighted by molar-refractivity contribution is 5.58. The van der Waals surface area contributed by atoms with E-state index in [2.05, 4.69) is 6.08 Å². The molecule has 1 aromatic carbocycles. The summed E-state index contributed by atoms with van der Waals surface area (Å²) in [6.45, 7) is 0.705. The third-order valence-corrected chi connectivity index (χ3v) is 1.55. The van der Waals surface area contributed by atoms with Crippen LogP contribution in [0.3, 0.4) is 0 Å². The van der Waals surface area contributed by atoms with Gasteiger partial charge in [0.25, 0.3) is 5.09 Å². The van der Waals surface area contributed by atoms with Crippen molar-refractivity contribution < 1.29 is 20.5 Å². The molecule has 0 atom stereocenters. The Balaban J connectivity index is 0.000000346. The van der Waals surface area contributed by atoms with E-state index in [-0.39, 0.29) is 5.48 Å². The van der Waals surface area contributed by atoms with Gasteiger partial charge in [0, 0.05) is 5.56 Å². The minimum atomic E-state index is -1.50. The van der Waals surface area contributed by atoms with Gasteiger partial charge in [-0.1, -0.05) is 24.3 Å². The quantitative estimate of drug-likeness (QED) is 0.511. The molecule has 0 aromatic heterocycles. The van der Waals surface area contributed by atoms with Crippen LogP contribution in [-0.2, 0) is 0 Å². The number of fused-ring (bicyclic) bond motifs is 1. The summed E-state index contributed by atoms with van der Waals surface area (Å²) in [5, 5.41) is 13.6. The highest BCUT2D eigenvalue weighted by atomic mass is 16.9. The van der Waals surface area contributed by atoms with Crippen molar-refractivity contribution in [2.75, 3.05) is 6.61 Å². The fourth-order valence-corrected chi connectivity index (χ4v) is 1.06. The highest BCUT2D eigenvalue weighted by Gasteiger charge is 2.01. The first-order valence-electron chi connectivity index (χ1n) is 3.92. The van der Waals surface area contributed by atoms with E-state index in [0.717, 1.165) is 5.75 Å². The van der Waals surface area contributed by atoms with Crippen molar-refractivity contribution >= 4 is 6.08 Å². The first-order chi connectivity index (χ1) is 6.70. The van der Waals surface area contributed by atoms with Crippen LogP contribution < -0.4 is 4.74 Å². The molecule has 0 spiro atoms. The van der Waals surface area contributed by atoms with E-state index in [1.807, 2.05) is 30.3 Å². The molecule has 1 heterocycles. The van der Waals surface area contributed by atoms with Gasteiger partial charge in [-0.2, -0.15) is 0 Å². The maximum atomic E-state index is 8.36. The number of rotatable bonds is 0. The summed E-state index contributed by atoms with van der Waals surface area (Å²) >= 11 is 0. The maximum absolute atomic E-state index is 8.36. The van der Waals surface area contributed by atoms with Crippen molar-refractivity contribution in [1.29, 1.82) is 0 Å². The smallest absolute Gasteiger partial charge is 0.291 e. The number of hydrogen-bond acceptors (Lipinski definition) is 3. The first-order valence-corrected chi connectivity index (χ1v) is 3.92. The lowest BCUT2D eigenvalue weighted by Crippen LogP contribution is -1.98. The van der Waals surface area contributed by atoms with Crippen molar-refractivity contribution in [3.05, 3.63) is 46.0 Å². The molecule has 0 amide bonds. The molecule has 2 rings (SSSR count). The van der Waals surface area contributed by atoms with Gasteiger partial charge in [0.1, 0.15) is 12.4 Å². The number of nitrogens with zero attached hydrogens (tertiary/aromatic N) is 1. The first kappa shape index (κ1) is 12.9. The fourth-order valence-electron chi connectivity index (χ4n) is 1.06. The molecule has 15 heavy (non-hydrogen) atoms. The monoisotopic (exact) mass is 213 g/mol. The third-order valence-electron chi connectivity index (χ3n) is 1.55. The SMILES string of the molecule is C1=Cc2ccccc2OC1.O.O=[N+]([O-])O. The highest BCUT2D eigenvalue weighted by Crippen LogP contribution is 2.21. The van der Waals surface area contributed by atoms with E-state index >= 15 is 0 Å². The molecular formula is C9H11NO5. The molecule has 82 valence electrons. The zero-order valence-electron chi connectivity index (χ0n) is 7.79. The Morgan fingerprint density at radius 3 is 2.60 bits per heavy atom. The number of benzene rings is 1. The van der Waals surface area contributed by atoms with E-state index in [1.165, 1.54) is 5.56 Å². The van der Waals surface area contributed by atoms with Crippen molar-refractivity contribution in [3.8, 4) is 5.75 Å². The predicted molar refractivity (Wildman–Crippen MR) is 53.4 cm³/mol. The van der Waals surface area contributed by atoms with Gasteiger partial charge in [0.15, 0.2) is 0 Å². The van der Waals surface area contributed by atoms with E-state index in [9.17, 15) is 0 Å². The Labute approximate surface area is 85.8 Å². The molecular weight excluding hydrogens is 202 g/mol. The summed E-state index contributed by atoms with van der Waals surface area (Å²) in [5.74, 6) is 0.991. The molecule has 1 aliphatic heterocycles. The fraction of sp³-hybridized carbons (Fsp3) is 0.111. The standard InChI is InChI=1S/C9H8O.HNO3.H2O/c1-2-6-9-8(4-1)5-3-7-10-9;2-1(3)4;/h1-6H,7H2;(H,2,3,4);1H2.